The number of nitrogens with one attached hydrogen (secondary N) is 1. The molecule has 0 spiro atoms. The Morgan fingerprint density at radius 2 is 2.26 bits per heavy atom. The summed E-state index contributed by atoms with van der Waals surface area (Å²) in [6.45, 7) is 2.38. The van der Waals surface area contributed by atoms with Crippen molar-refractivity contribution in [3.63, 3.8) is 0 Å². The third kappa shape index (κ3) is 3.47. The number of aromatic nitrogens is 2. The Bertz CT molecular complexity index is 787. The smallest absolute Gasteiger partial charge is 0.251 e. The molecule has 0 bridgehead atoms. The van der Waals surface area contributed by atoms with E-state index in [4.69, 9.17) is 0 Å². The Morgan fingerprint density at radius 1 is 1.43 bits per heavy atom. The number of aryl methyl sites for hydroxylation is 1. The van der Waals surface area contributed by atoms with E-state index in [-0.39, 0.29) is 29.7 Å². The number of nitrogens with zero attached hydrogens (tertiary/aromatic N) is 2. The van der Waals surface area contributed by atoms with Gasteiger partial charge in [-0.2, -0.15) is 0 Å². The number of aromatic amines is 1. The maximum absolute atomic E-state index is 13.3. The van der Waals surface area contributed by atoms with Gasteiger partial charge in [0.15, 0.2) is 0 Å². The van der Waals surface area contributed by atoms with Crippen molar-refractivity contribution >= 4 is 5.91 Å². The van der Waals surface area contributed by atoms with Crippen LogP contribution in [0, 0.1) is 12.7 Å². The van der Waals surface area contributed by atoms with Gasteiger partial charge in [0, 0.05) is 18.3 Å². The van der Waals surface area contributed by atoms with E-state index in [0.29, 0.717) is 23.6 Å². The number of benzene rings is 1. The van der Waals surface area contributed by atoms with E-state index in [0.717, 1.165) is 12.8 Å². The minimum absolute atomic E-state index is 0.0812. The summed E-state index contributed by atoms with van der Waals surface area (Å²) in [7, 11) is 0. The quantitative estimate of drug-likeness (QED) is 0.943. The van der Waals surface area contributed by atoms with Gasteiger partial charge in [0.1, 0.15) is 11.6 Å². The summed E-state index contributed by atoms with van der Waals surface area (Å²) >= 11 is 0. The summed E-state index contributed by atoms with van der Waals surface area (Å²) in [6.07, 6.45) is 1.77. The fourth-order valence-electron chi connectivity index (χ4n) is 3.03. The highest BCUT2D eigenvalue weighted by atomic mass is 19.1. The fourth-order valence-corrected chi connectivity index (χ4v) is 3.03. The maximum Gasteiger partial charge on any atom is 0.251 e. The SMILES string of the molecule is Cc1cc(=O)[nH]c(C2CCCN2C(=O)Cc2cccc(F)c2)n1. The minimum atomic E-state index is -0.349. The zero-order chi connectivity index (χ0) is 16.4. The van der Waals surface area contributed by atoms with Gasteiger partial charge in [-0.3, -0.25) is 9.59 Å². The van der Waals surface area contributed by atoms with Gasteiger partial charge in [-0.25, -0.2) is 9.37 Å². The van der Waals surface area contributed by atoms with Gasteiger partial charge in [0.25, 0.3) is 5.56 Å². The van der Waals surface area contributed by atoms with Crippen molar-refractivity contribution in [2.24, 2.45) is 0 Å². The number of H-pyrrole nitrogens is 1. The molecule has 6 heteroatoms. The average molecular weight is 315 g/mol. The molecule has 0 aliphatic carbocycles. The zero-order valence-electron chi connectivity index (χ0n) is 12.9. The molecule has 5 nitrogen and oxygen atoms in total. The van der Waals surface area contributed by atoms with Crippen LogP contribution in [0.2, 0.25) is 0 Å². The van der Waals surface area contributed by atoms with Gasteiger partial charge in [-0.15, -0.1) is 0 Å². The van der Waals surface area contributed by atoms with E-state index >= 15 is 0 Å². The molecule has 1 aromatic carbocycles. The first kappa shape index (κ1) is 15.4. The lowest BCUT2D eigenvalue weighted by molar-refractivity contribution is -0.131. The zero-order valence-corrected chi connectivity index (χ0v) is 12.9. The van der Waals surface area contributed by atoms with Crippen LogP contribution in [0.25, 0.3) is 0 Å². The normalized spacial score (nSPS) is 17.5. The molecule has 1 aromatic heterocycles. The lowest BCUT2D eigenvalue weighted by atomic mass is 10.1. The van der Waals surface area contributed by atoms with Crippen LogP contribution in [0.5, 0.6) is 0 Å². The van der Waals surface area contributed by atoms with Gasteiger partial charge in [-0.05, 0) is 37.5 Å². The van der Waals surface area contributed by atoms with E-state index in [1.807, 2.05) is 0 Å². The van der Waals surface area contributed by atoms with E-state index in [2.05, 4.69) is 9.97 Å². The molecular weight excluding hydrogens is 297 g/mol. The molecule has 1 amide bonds. The predicted molar refractivity (Wildman–Crippen MR) is 83.4 cm³/mol. The summed E-state index contributed by atoms with van der Waals surface area (Å²) in [5.41, 5.74) is 1.07. The molecule has 1 saturated heterocycles. The number of carbonyl (C=O) groups is 1. The second-order valence-electron chi connectivity index (χ2n) is 5.82. The van der Waals surface area contributed by atoms with Crippen LogP contribution >= 0.6 is 0 Å². The van der Waals surface area contributed by atoms with Crippen LogP contribution in [0.15, 0.2) is 35.1 Å². The van der Waals surface area contributed by atoms with Crippen LogP contribution in [-0.2, 0) is 11.2 Å². The number of carbonyl (C=O) groups excluding carboxylic acids is 1. The Kier molecular flexibility index (Phi) is 4.23. The third-order valence-electron chi connectivity index (χ3n) is 4.02. The molecule has 2 heterocycles. The molecular formula is C17H18FN3O2. The molecule has 23 heavy (non-hydrogen) atoms. The fraction of sp³-hybridized carbons (Fsp3) is 0.353. The minimum Gasteiger partial charge on any atom is -0.332 e. The van der Waals surface area contributed by atoms with Gasteiger partial charge < -0.3 is 9.88 Å². The third-order valence-corrected chi connectivity index (χ3v) is 4.02. The van der Waals surface area contributed by atoms with Crippen molar-refractivity contribution in [3.05, 3.63) is 63.6 Å². The predicted octanol–water partition coefficient (Wildman–Crippen LogP) is 2.12. The highest BCUT2D eigenvalue weighted by Gasteiger charge is 2.31. The second kappa shape index (κ2) is 6.32. The first-order valence-corrected chi connectivity index (χ1v) is 7.65. The summed E-state index contributed by atoms with van der Waals surface area (Å²) in [5, 5.41) is 0. The topological polar surface area (TPSA) is 66.1 Å². The molecule has 1 atom stereocenters. The Morgan fingerprint density at radius 3 is 3.00 bits per heavy atom. The van der Waals surface area contributed by atoms with Crippen molar-refractivity contribution in [1.29, 1.82) is 0 Å². The number of hydrogen-bond donors (Lipinski definition) is 1. The molecule has 0 saturated carbocycles. The monoisotopic (exact) mass is 315 g/mol. The van der Waals surface area contributed by atoms with E-state index in [1.54, 1.807) is 24.0 Å². The molecule has 1 fully saturated rings. The van der Waals surface area contributed by atoms with Gasteiger partial charge >= 0.3 is 0 Å². The first-order chi connectivity index (χ1) is 11.0. The van der Waals surface area contributed by atoms with Gasteiger partial charge in [0.05, 0.1) is 12.5 Å². The van der Waals surface area contributed by atoms with Crippen molar-refractivity contribution in [2.75, 3.05) is 6.54 Å². The average Bonchev–Trinajstić information content (AvgIpc) is 2.95. The Labute approximate surface area is 133 Å². The number of amides is 1. The van der Waals surface area contributed by atoms with Gasteiger partial charge in [0.2, 0.25) is 5.91 Å². The maximum atomic E-state index is 13.3. The van der Waals surface area contributed by atoms with Crippen molar-refractivity contribution in [1.82, 2.24) is 14.9 Å². The molecule has 1 aliphatic heterocycles. The number of hydrogen-bond acceptors (Lipinski definition) is 3. The van der Waals surface area contributed by atoms with Crippen molar-refractivity contribution in [2.45, 2.75) is 32.2 Å². The lowest BCUT2D eigenvalue weighted by Crippen LogP contribution is -2.33. The van der Waals surface area contributed by atoms with E-state index in [9.17, 15) is 14.0 Å². The largest absolute Gasteiger partial charge is 0.332 e. The van der Waals surface area contributed by atoms with Crippen LogP contribution < -0.4 is 5.56 Å². The summed E-state index contributed by atoms with van der Waals surface area (Å²) in [4.78, 5) is 33.0. The summed E-state index contributed by atoms with van der Waals surface area (Å²) < 4.78 is 13.3. The van der Waals surface area contributed by atoms with Crippen LogP contribution in [0.1, 0.15) is 36.0 Å². The number of likely N-dealkylation sites (tertiary alicyclic amines) is 1. The van der Waals surface area contributed by atoms with Crippen molar-refractivity contribution < 1.29 is 9.18 Å². The van der Waals surface area contributed by atoms with Crippen LogP contribution in [-0.4, -0.2) is 27.3 Å². The van der Waals surface area contributed by atoms with Crippen LogP contribution in [0.4, 0.5) is 4.39 Å². The summed E-state index contributed by atoms with van der Waals surface area (Å²) in [6, 6.07) is 7.27. The standard InChI is InChI=1S/C17H18FN3O2/c1-11-8-15(22)20-17(19-11)14-6-3-7-21(14)16(23)10-12-4-2-5-13(18)9-12/h2,4-5,8-9,14H,3,6-7,10H2,1H3,(H,19,20,22). The molecule has 1 N–H and O–H groups in total. The van der Waals surface area contributed by atoms with E-state index < -0.39 is 0 Å². The highest BCUT2D eigenvalue weighted by molar-refractivity contribution is 5.79. The highest BCUT2D eigenvalue weighted by Crippen LogP contribution is 2.30. The molecule has 2 aromatic rings. The lowest BCUT2D eigenvalue weighted by Gasteiger charge is -2.24. The number of rotatable bonds is 3. The van der Waals surface area contributed by atoms with E-state index in [1.165, 1.54) is 18.2 Å². The molecule has 0 radical (unpaired) electrons. The van der Waals surface area contributed by atoms with Gasteiger partial charge in [-0.1, -0.05) is 12.1 Å². The van der Waals surface area contributed by atoms with Crippen LogP contribution in [0.3, 0.4) is 0 Å². The first-order valence-electron chi connectivity index (χ1n) is 7.65. The molecule has 120 valence electrons. The summed E-state index contributed by atoms with van der Waals surface area (Å²) in [5.74, 6) is 0.0975. The second-order valence-corrected chi connectivity index (χ2v) is 5.82. The molecule has 1 aliphatic rings. The molecule has 1 unspecified atom stereocenters. The molecule has 3 rings (SSSR count). The number of halogens is 1. The van der Waals surface area contributed by atoms with Crippen molar-refractivity contribution in [3.8, 4) is 0 Å². The Balaban J connectivity index is 1.80. The Hall–Kier alpha value is -2.50.